The number of rotatable bonds is 5. The van der Waals surface area contributed by atoms with Crippen molar-refractivity contribution < 1.29 is 9.21 Å². The molecule has 1 aromatic carbocycles. The van der Waals surface area contributed by atoms with Crippen LogP contribution in [0.15, 0.2) is 53.1 Å². The van der Waals surface area contributed by atoms with Gasteiger partial charge in [-0.15, -0.1) is 0 Å². The quantitative estimate of drug-likeness (QED) is 0.861. The van der Waals surface area contributed by atoms with E-state index in [0.717, 1.165) is 11.3 Å². The summed E-state index contributed by atoms with van der Waals surface area (Å²) in [6, 6.07) is 13.2. The molecule has 2 aromatic rings. The first-order chi connectivity index (χ1) is 8.81. The van der Waals surface area contributed by atoms with Gasteiger partial charge in [-0.3, -0.25) is 4.79 Å². The number of halogens is 1. The third kappa shape index (κ3) is 3.23. The fourth-order valence-corrected chi connectivity index (χ4v) is 2.10. The van der Waals surface area contributed by atoms with Gasteiger partial charge in [-0.1, -0.05) is 46.3 Å². The van der Waals surface area contributed by atoms with Crippen molar-refractivity contribution >= 4 is 21.8 Å². The summed E-state index contributed by atoms with van der Waals surface area (Å²) in [5, 5.41) is 3.63. The summed E-state index contributed by atoms with van der Waals surface area (Å²) in [5.41, 5.74) is 1.01. The standard InChI is InChI=1S/C14H14BrNO2/c15-9-8-13(17)16-14(12-7-4-10-18-12)11-5-2-1-3-6-11/h1-7,10,14H,8-9H2,(H,16,17). The van der Waals surface area contributed by atoms with E-state index < -0.39 is 0 Å². The maximum atomic E-state index is 11.7. The number of furan rings is 1. The summed E-state index contributed by atoms with van der Waals surface area (Å²) in [4.78, 5) is 11.7. The Hall–Kier alpha value is -1.55. The third-order valence-corrected chi connectivity index (χ3v) is 2.98. The number of nitrogens with one attached hydrogen (secondary N) is 1. The molecule has 0 radical (unpaired) electrons. The number of hydrogen-bond acceptors (Lipinski definition) is 2. The van der Waals surface area contributed by atoms with E-state index in [9.17, 15) is 4.79 Å². The first-order valence-corrected chi connectivity index (χ1v) is 6.87. The van der Waals surface area contributed by atoms with Crippen LogP contribution in [0.25, 0.3) is 0 Å². The molecule has 0 aliphatic heterocycles. The molecule has 1 atom stereocenters. The summed E-state index contributed by atoms with van der Waals surface area (Å²) in [5.74, 6) is 0.737. The van der Waals surface area contributed by atoms with E-state index in [0.29, 0.717) is 11.8 Å². The van der Waals surface area contributed by atoms with Gasteiger partial charge in [0.1, 0.15) is 11.8 Å². The maximum absolute atomic E-state index is 11.7. The van der Waals surface area contributed by atoms with Crippen LogP contribution in [-0.2, 0) is 4.79 Å². The predicted octanol–water partition coefficient (Wildman–Crippen LogP) is 3.27. The van der Waals surface area contributed by atoms with E-state index in [1.54, 1.807) is 6.26 Å². The highest BCUT2D eigenvalue weighted by Gasteiger charge is 2.18. The van der Waals surface area contributed by atoms with E-state index in [2.05, 4.69) is 21.2 Å². The van der Waals surface area contributed by atoms with Crippen LogP contribution in [0, 0.1) is 0 Å². The van der Waals surface area contributed by atoms with Gasteiger partial charge in [0.25, 0.3) is 0 Å². The van der Waals surface area contributed by atoms with Gasteiger partial charge >= 0.3 is 0 Å². The largest absolute Gasteiger partial charge is 0.467 e. The van der Waals surface area contributed by atoms with Crippen molar-refractivity contribution in [3.63, 3.8) is 0 Å². The van der Waals surface area contributed by atoms with Crippen LogP contribution in [0.4, 0.5) is 0 Å². The van der Waals surface area contributed by atoms with Gasteiger partial charge in [-0.25, -0.2) is 0 Å². The molecule has 1 heterocycles. The highest BCUT2D eigenvalue weighted by atomic mass is 79.9. The van der Waals surface area contributed by atoms with Crippen molar-refractivity contribution in [2.45, 2.75) is 12.5 Å². The lowest BCUT2D eigenvalue weighted by Crippen LogP contribution is -2.29. The number of carbonyl (C=O) groups is 1. The van der Waals surface area contributed by atoms with Gasteiger partial charge in [0.2, 0.25) is 5.91 Å². The maximum Gasteiger partial charge on any atom is 0.221 e. The van der Waals surface area contributed by atoms with Crippen molar-refractivity contribution in [3.8, 4) is 0 Å². The van der Waals surface area contributed by atoms with Gasteiger partial charge in [-0.05, 0) is 17.7 Å². The Balaban J connectivity index is 2.22. The van der Waals surface area contributed by atoms with Crippen LogP contribution in [0.1, 0.15) is 23.8 Å². The Labute approximate surface area is 114 Å². The van der Waals surface area contributed by atoms with Crippen molar-refractivity contribution in [3.05, 3.63) is 60.1 Å². The van der Waals surface area contributed by atoms with Gasteiger partial charge in [0.05, 0.1) is 6.26 Å². The Morgan fingerprint density at radius 3 is 2.61 bits per heavy atom. The zero-order valence-corrected chi connectivity index (χ0v) is 11.4. The molecule has 4 heteroatoms. The molecule has 1 amide bonds. The lowest BCUT2D eigenvalue weighted by molar-refractivity contribution is -0.121. The first-order valence-electron chi connectivity index (χ1n) is 5.75. The molecule has 1 N–H and O–H groups in total. The van der Waals surface area contributed by atoms with Crippen LogP contribution in [0.3, 0.4) is 0 Å². The van der Waals surface area contributed by atoms with Gasteiger partial charge in [0.15, 0.2) is 0 Å². The van der Waals surface area contributed by atoms with Crippen LogP contribution < -0.4 is 5.32 Å². The summed E-state index contributed by atoms with van der Waals surface area (Å²) >= 11 is 3.26. The molecule has 0 aliphatic carbocycles. The zero-order chi connectivity index (χ0) is 12.8. The fraction of sp³-hybridized carbons (Fsp3) is 0.214. The number of carbonyl (C=O) groups excluding carboxylic acids is 1. The lowest BCUT2D eigenvalue weighted by atomic mass is 10.0. The number of amides is 1. The normalized spacial score (nSPS) is 12.1. The molecule has 0 fully saturated rings. The zero-order valence-electron chi connectivity index (χ0n) is 9.80. The summed E-state index contributed by atoms with van der Waals surface area (Å²) < 4.78 is 5.40. The molecular formula is C14H14BrNO2. The highest BCUT2D eigenvalue weighted by Crippen LogP contribution is 2.22. The summed E-state index contributed by atoms with van der Waals surface area (Å²) in [6.45, 7) is 0. The smallest absolute Gasteiger partial charge is 0.221 e. The van der Waals surface area contributed by atoms with Crippen molar-refractivity contribution in [2.24, 2.45) is 0 Å². The van der Waals surface area contributed by atoms with Gasteiger partial charge < -0.3 is 9.73 Å². The Morgan fingerprint density at radius 2 is 2.00 bits per heavy atom. The average molecular weight is 308 g/mol. The monoisotopic (exact) mass is 307 g/mol. The summed E-state index contributed by atoms with van der Waals surface area (Å²) in [7, 11) is 0. The lowest BCUT2D eigenvalue weighted by Gasteiger charge is -2.16. The van der Waals surface area contributed by atoms with Crippen LogP contribution >= 0.6 is 15.9 Å². The molecule has 1 unspecified atom stereocenters. The fourth-order valence-electron chi connectivity index (χ4n) is 1.74. The molecule has 3 nitrogen and oxygen atoms in total. The molecule has 0 bridgehead atoms. The minimum Gasteiger partial charge on any atom is -0.467 e. The van der Waals surface area contributed by atoms with Crippen LogP contribution in [-0.4, -0.2) is 11.2 Å². The van der Waals surface area contributed by atoms with E-state index >= 15 is 0 Å². The second kappa shape index (κ2) is 6.40. The number of hydrogen-bond donors (Lipinski definition) is 1. The van der Waals surface area contributed by atoms with Crippen molar-refractivity contribution in [1.29, 1.82) is 0 Å². The second-order valence-corrected chi connectivity index (χ2v) is 4.66. The minimum atomic E-state index is -0.229. The Morgan fingerprint density at radius 1 is 1.22 bits per heavy atom. The van der Waals surface area contributed by atoms with Crippen molar-refractivity contribution in [2.75, 3.05) is 5.33 Å². The summed E-state index contributed by atoms with van der Waals surface area (Å²) in [6.07, 6.45) is 2.06. The SMILES string of the molecule is O=C(CCBr)NC(c1ccccc1)c1ccco1. The molecule has 0 aliphatic rings. The van der Waals surface area contributed by atoms with E-state index in [1.807, 2.05) is 42.5 Å². The average Bonchev–Trinajstić information content (AvgIpc) is 2.91. The predicted molar refractivity (Wildman–Crippen MR) is 73.5 cm³/mol. The van der Waals surface area contributed by atoms with E-state index in [4.69, 9.17) is 4.42 Å². The van der Waals surface area contributed by atoms with Gasteiger partial charge in [-0.2, -0.15) is 0 Å². The Bertz CT molecular complexity index is 482. The molecule has 1 aromatic heterocycles. The molecule has 18 heavy (non-hydrogen) atoms. The molecule has 2 rings (SSSR count). The molecule has 0 spiro atoms. The molecule has 0 saturated heterocycles. The van der Waals surface area contributed by atoms with E-state index in [-0.39, 0.29) is 11.9 Å². The van der Waals surface area contributed by atoms with Crippen LogP contribution in [0.2, 0.25) is 0 Å². The van der Waals surface area contributed by atoms with E-state index in [1.165, 1.54) is 0 Å². The Kier molecular flexibility index (Phi) is 4.59. The highest BCUT2D eigenvalue weighted by molar-refractivity contribution is 9.09. The number of benzene rings is 1. The molecule has 0 saturated carbocycles. The topological polar surface area (TPSA) is 42.2 Å². The van der Waals surface area contributed by atoms with Gasteiger partial charge in [0, 0.05) is 11.8 Å². The molecular weight excluding hydrogens is 294 g/mol. The third-order valence-electron chi connectivity index (χ3n) is 2.59. The minimum absolute atomic E-state index is 0.00266. The molecule has 94 valence electrons. The second-order valence-electron chi connectivity index (χ2n) is 3.87. The van der Waals surface area contributed by atoms with Crippen molar-refractivity contribution in [1.82, 2.24) is 5.32 Å². The van der Waals surface area contributed by atoms with Crippen LogP contribution in [0.5, 0.6) is 0 Å². The first kappa shape index (κ1) is 12.9. The number of alkyl halides is 1.